The minimum Gasteiger partial charge on any atom is -0.358 e. The topological polar surface area (TPSA) is 62.0 Å². The van der Waals surface area contributed by atoms with Crippen LogP contribution in [0, 0.1) is 6.92 Å². The maximum absolute atomic E-state index is 12.3. The molecule has 1 heterocycles. The number of aromatic amines is 1. The van der Waals surface area contributed by atoms with Crippen molar-refractivity contribution in [3.8, 4) is 0 Å². The van der Waals surface area contributed by atoms with Crippen molar-refractivity contribution >= 4 is 28.3 Å². The van der Waals surface area contributed by atoms with Gasteiger partial charge in [0.2, 0.25) is 5.91 Å². The fourth-order valence-corrected chi connectivity index (χ4v) is 2.74. The summed E-state index contributed by atoms with van der Waals surface area (Å²) in [5.74, 6) is -0.118. The summed E-state index contributed by atoms with van der Waals surface area (Å²) in [6, 6.07) is 14.9. The molecule has 0 aliphatic rings. The van der Waals surface area contributed by atoms with Crippen LogP contribution in [-0.2, 0) is 11.2 Å². The summed E-state index contributed by atoms with van der Waals surface area (Å²) in [5, 5.41) is 3.93. The summed E-state index contributed by atoms with van der Waals surface area (Å²) >= 11 is 0. The SMILES string of the molecule is CC(=O)c1cccc(NC(=O)Cc2c(C)[nH]c3ccccc23)c1. The average molecular weight is 306 g/mol. The van der Waals surface area contributed by atoms with Crippen molar-refractivity contribution in [2.45, 2.75) is 20.3 Å². The average Bonchev–Trinajstić information content (AvgIpc) is 2.83. The van der Waals surface area contributed by atoms with Crippen LogP contribution in [0.2, 0.25) is 0 Å². The molecule has 0 radical (unpaired) electrons. The lowest BCUT2D eigenvalue weighted by molar-refractivity contribution is -0.115. The molecule has 4 nitrogen and oxygen atoms in total. The first-order valence-corrected chi connectivity index (χ1v) is 7.51. The third-order valence-corrected chi connectivity index (χ3v) is 3.92. The van der Waals surface area contributed by atoms with Crippen molar-refractivity contribution in [3.63, 3.8) is 0 Å². The Balaban J connectivity index is 1.80. The number of H-pyrrole nitrogens is 1. The number of fused-ring (bicyclic) bond motifs is 1. The summed E-state index contributed by atoms with van der Waals surface area (Å²) in [7, 11) is 0. The minimum absolute atomic E-state index is 0.0198. The van der Waals surface area contributed by atoms with Gasteiger partial charge in [0, 0.05) is 27.8 Å². The van der Waals surface area contributed by atoms with Gasteiger partial charge in [0.05, 0.1) is 6.42 Å². The molecule has 0 aliphatic carbocycles. The molecule has 1 aromatic heterocycles. The van der Waals surface area contributed by atoms with Gasteiger partial charge in [-0.15, -0.1) is 0 Å². The lowest BCUT2D eigenvalue weighted by Crippen LogP contribution is -2.15. The number of hydrogen-bond acceptors (Lipinski definition) is 2. The van der Waals surface area contributed by atoms with E-state index < -0.39 is 0 Å². The van der Waals surface area contributed by atoms with Crippen LogP contribution < -0.4 is 5.32 Å². The zero-order valence-corrected chi connectivity index (χ0v) is 13.1. The largest absolute Gasteiger partial charge is 0.358 e. The number of anilines is 1. The maximum atomic E-state index is 12.3. The highest BCUT2D eigenvalue weighted by molar-refractivity contribution is 5.99. The Hall–Kier alpha value is -2.88. The zero-order chi connectivity index (χ0) is 16.4. The van der Waals surface area contributed by atoms with Crippen LogP contribution in [0.4, 0.5) is 5.69 Å². The van der Waals surface area contributed by atoms with Crippen molar-refractivity contribution in [1.29, 1.82) is 0 Å². The van der Waals surface area contributed by atoms with Gasteiger partial charge in [-0.1, -0.05) is 30.3 Å². The van der Waals surface area contributed by atoms with Gasteiger partial charge in [-0.05, 0) is 37.6 Å². The molecule has 0 aliphatic heterocycles. The van der Waals surface area contributed by atoms with Crippen molar-refractivity contribution in [3.05, 3.63) is 65.4 Å². The van der Waals surface area contributed by atoms with Crippen LogP contribution in [0.15, 0.2) is 48.5 Å². The van der Waals surface area contributed by atoms with E-state index in [0.29, 0.717) is 17.7 Å². The highest BCUT2D eigenvalue weighted by Crippen LogP contribution is 2.22. The summed E-state index contributed by atoms with van der Waals surface area (Å²) in [6.45, 7) is 3.48. The van der Waals surface area contributed by atoms with Crippen LogP contribution in [0.25, 0.3) is 10.9 Å². The predicted molar refractivity (Wildman–Crippen MR) is 91.8 cm³/mol. The maximum Gasteiger partial charge on any atom is 0.228 e. The number of carbonyl (C=O) groups is 2. The molecule has 0 bridgehead atoms. The van der Waals surface area contributed by atoms with E-state index in [4.69, 9.17) is 0 Å². The van der Waals surface area contributed by atoms with Crippen molar-refractivity contribution in [1.82, 2.24) is 4.98 Å². The van der Waals surface area contributed by atoms with Gasteiger partial charge < -0.3 is 10.3 Å². The first-order chi connectivity index (χ1) is 11.0. The zero-order valence-electron chi connectivity index (χ0n) is 13.1. The number of aryl methyl sites for hydroxylation is 1. The van der Waals surface area contributed by atoms with Crippen molar-refractivity contribution in [2.24, 2.45) is 0 Å². The Labute approximate surface area is 134 Å². The van der Waals surface area contributed by atoms with Gasteiger partial charge in [-0.2, -0.15) is 0 Å². The second kappa shape index (κ2) is 6.08. The Morgan fingerprint density at radius 2 is 1.87 bits per heavy atom. The van der Waals surface area contributed by atoms with E-state index in [-0.39, 0.29) is 11.7 Å². The second-order valence-corrected chi connectivity index (χ2v) is 5.64. The van der Waals surface area contributed by atoms with Gasteiger partial charge in [0.25, 0.3) is 0 Å². The molecule has 0 unspecified atom stereocenters. The number of benzene rings is 2. The van der Waals surface area contributed by atoms with E-state index in [1.54, 1.807) is 24.3 Å². The van der Waals surface area contributed by atoms with Crippen molar-refractivity contribution < 1.29 is 9.59 Å². The molecule has 2 N–H and O–H groups in total. The Bertz CT molecular complexity index is 893. The Morgan fingerprint density at radius 1 is 1.09 bits per heavy atom. The van der Waals surface area contributed by atoms with E-state index in [0.717, 1.165) is 22.2 Å². The predicted octanol–water partition coefficient (Wildman–Crippen LogP) is 3.86. The minimum atomic E-state index is -0.0986. The van der Waals surface area contributed by atoms with E-state index >= 15 is 0 Å². The second-order valence-electron chi connectivity index (χ2n) is 5.64. The molecule has 1 amide bonds. The van der Waals surface area contributed by atoms with Gasteiger partial charge >= 0.3 is 0 Å². The standard InChI is InChI=1S/C19H18N2O2/c1-12-17(16-8-3-4-9-18(16)20-12)11-19(23)21-15-7-5-6-14(10-15)13(2)22/h3-10,20H,11H2,1-2H3,(H,21,23). The van der Waals surface area contributed by atoms with Gasteiger partial charge in [-0.25, -0.2) is 0 Å². The van der Waals surface area contributed by atoms with Crippen LogP contribution >= 0.6 is 0 Å². The molecule has 0 spiro atoms. The van der Waals surface area contributed by atoms with Crippen LogP contribution in [0.1, 0.15) is 28.5 Å². The van der Waals surface area contributed by atoms with E-state index in [9.17, 15) is 9.59 Å². The molecule has 0 saturated carbocycles. The monoisotopic (exact) mass is 306 g/mol. The van der Waals surface area contributed by atoms with E-state index in [1.165, 1.54) is 6.92 Å². The van der Waals surface area contributed by atoms with Crippen LogP contribution in [0.5, 0.6) is 0 Å². The summed E-state index contributed by atoms with van der Waals surface area (Å²) in [4.78, 5) is 27.1. The molecule has 0 saturated heterocycles. The number of rotatable bonds is 4. The lowest BCUT2D eigenvalue weighted by Gasteiger charge is -2.07. The third-order valence-electron chi connectivity index (χ3n) is 3.92. The van der Waals surface area contributed by atoms with Gasteiger partial charge in [-0.3, -0.25) is 9.59 Å². The number of para-hydroxylation sites is 1. The van der Waals surface area contributed by atoms with Gasteiger partial charge in [0.15, 0.2) is 5.78 Å². The number of hydrogen-bond donors (Lipinski definition) is 2. The molecule has 3 rings (SSSR count). The van der Waals surface area contributed by atoms with Crippen molar-refractivity contribution in [2.75, 3.05) is 5.32 Å². The Kier molecular flexibility index (Phi) is 3.98. The summed E-state index contributed by atoms with van der Waals surface area (Å²) < 4.78 is 0. The molecular weight excluding hydrogens is 288 g/mol. The molecule has 2 aromatic carbocycles. The highest BCUT2D eigenvalue weighted by Gasteiger charge is 2.12. The van der Waals surface area contributed by atoms with E-state index in [1.807, 2.05) is 31.2 Å². The summed E-state index contributed by atoms with van der Waals surface area (Å²) in [5.41, 5.74) is 4.26. The normalized spacial score (nSPS) is 10.7. The molecule has 0 atom stereocenters. The number of nitrogens with one attached hydrogen (secondary N) is 2. The number of Topliss-reactive ketones (excluding diaryl/α,β-unsaturated/α-hetero) is 1. The van der Waals surface area contributed by atoms with Crippen LogP contribution in [-0.4, -0.2) is 16.7 Å². The Morgan fingerprint density at radius 3 is 2.65 bits per heavy atom. The first kappa shape index (κ1) is 15.0. The highest BCUT2D eigenvalue weighted by atomic mass is 16.1. The summed E-state index contributed by atoms with van der Waals surface area (Å²) in [6.07, 6.45) is 0.292. The molecule has 23 heavy (non-hydrogen) atoms. The molecular formula is C19H18N2O2. The fourth-order valence-electron chi connectivity index (χ4n) is 2.74. The third kappa shape index (κ3) is 3.16. The molecule has 116 valence electrons. The number of amides is 1. The molecule has 4 heteroatoms. The lowest BCUT2D eigenvalue weighted by atomic mass is 10.1. The first-order valence-electron chi connectivity index (χ1n) is 7.51. The molecule has 0 fully saturated rings. The number of aromatic nitrogens is 1. The quantitative estimate of drug-likeness (QED) is 0.719. The smallest absolute Gasteiger partial charge is 0.228 e. The number of ketones is 1. The van der Waals surface area contributed by atoms with Crippen LogP contribution in [0.3, 0.4) is 0 Å². The number of carbonyl (C=O) groups excluding carboxylic acids is 2. The fraction of sp³-hybridized carbons (Fsp3) is 0.158. The van der Waals surface area contributed by atoms with Gasteiger partial charge in [0.1, 0.15) is 0 Å². The van der Waals surface area contributed by atoms with E-state index in [2.05, 4.69) is 10.3 Å². The molecule has 3 aromatic rings.